The van der Waals surface area contributed by atoms with Gasteiger partial charge in [-0.2, -0.15) is 0 Å². The third-order valence-electron chi connectivity index (χ3n) is 3.19. The molecule has 1 atom stereocenters. The molecule has 0 saturated carbocycles. The largest absolute Gasteiger partial charge is 0.388 e. The van der Waals surface area contributed by atoms with Crippen molar-refractivity contribution in [3.63, 3.8) is 0 Å². The van der Waals surface area contributed by atoms with E-state index in [1.165, 1.54) is 12.1 Å². The lowest BCUT2D eigenvalue weighted by molar-refractivity contribution is 0.177. The van der Waals surface area contributed by atoms with Crippen LogP contribution in [0, 0.1) is 25.5 Å². The van der Waals surface area contributed by atoms with Crippen LogP contribution in [0.4, 0.5) is 8.78 Å². The van der Waals surface area contributed by atoms with Gasteiger partial charge in [-0.1, -0.05) is 23.8 Å². The Morgan fingerprint density at radius 1 is 1.00 bits per heavy atom. The molecular formula is C16H16F2O. The molecule has 0 aliphatic rings. The van der Waals surface area contributed by atoms with E-state index < -0.39 is 17.7 Å². The first kappa shape index (κ1) is 13.7. The summed E-state index contributed by atoms with van der Waals surface area (Å²) < 4.78 is 26.2. The topological polar surface area (TPSA) is 20.2 Å². The van der Waals surface area contributed by atoms with Crippen molar-refractivity contribution in [1.29, 1.82) is 0 Å². The van der Waals surface area contributed by atoms with Gasteiger partial charge in [0.25, 0.3) is 0 Å². The average molecular weight is 262 g/mol. The van der Waals surface area contributed by atoms with Gasteiger partial charge in [0.15, 0.2) is 0 Å². The highest BCUT2D eigenvalue weighted by molar-refractivity contribution is 5.32. The molecule has 2 rings (SSSR count). The van der Waals surface area contributed by atoms with E-state index in [-0.39, 0.29) is 5.56 Å². The maximum atomic E-state index is 13.1. The lowest BCUT2D eigenvalue weighted by Crippen LogP contribution is -2.04. The summed E-state index contributed by atoms with van der Waals surface area (Å²) in [5.41, 5.74) is 3.40. The number of benzene rings is 2. The molecule has 0 aliphatic heterocycles. The van der Waals surface area contributed by atoms with Crippen molar-refractivity contribution in [2.75, 3.05) is 0 Å². The molecule has 0 spiro atoms. The number of halogens is 2. The molecule has 0 radical (unpaired) electrons. The highest BCUT2D eigenvalue weighted by Gasteiger charge is 2.12. The molecule has 0 heterocycles. The Hall–Kier alpha value is -1.74. The Kier molecular flexibility index (Phi) is 3.96. The number of aliphatic hydroxyl groups excluding tert-OH is 1. The first-order valence-electron chi connectivity index (χ1n) is 6.16. The summed E-state index contributed by atoms with van der Waals surface area (Å²) >= 11 is 0. The predicted octanol–water partition coefficient (Wildman–Crippen LogP) is 3.86. The molecule has 2 aromatic rings. The molecule has 1 nitrogen and oxygen atoms in total. The van der Waals surface area contributed by atoms with Gasteiger partial charge in [-0.05, 0) is 42.7 Å². The van der Waals surface area contributed by atoms with E-state index >= 15 is 0 Å². The van der Waals surface area contributed by atoms with Crippen molar-refractivity contribution < 1.29 is 13.9 Å². The SMILES string of the molecule is Cc1ccc(C)c(CC(O)c2cc(F)cc(F)c2)c1. The first-order chi connectivity index (χ1) is 8.95. The summed E-state index contributed by atoms with van der Waals surface area (Å²) in [7, 11) is 0. The van der Waals surface area contributed by atoms with Gasteiger partial charge in [0.2, 0.25) is 0 Å². The molecule has 3 heteroatoms. The van der Waals surface area contributed by atoms with Crippen LogP contribution in [0.25, 0.3) is 0 Å². The summed E-state index contributed by atoms with van der Waals surface area (Å²) in [5.74, 6) is -1.34. The van der Waals surface area contributed by atoms with Crippen LogP contribution >= 0.6 is 0 Å². The first-order valence-corrected chi connectivity index (χ1v) is 6.16. The lowest BCUT2D eigenvalue weighted by atomic mass is 9.96. The van der Waals surface area contributed by atoms with E-state index in [1.54, 1.807) is 0 Å². The van der Waals surface area contributed by atoms with Crippen molar-refractivity contribution in [3.05, 3.63) is 70.3 Å². The van der Waals surface area contributed by atoms with Crippen LogP contribution in [0.1, 0.15) is 28.4 Å². The average Bonchev–Trinajstić information content (AvgIpc) is 2.32. The molecule has 100 valence electrons. The Morgan fingerprint density at radius 2 is 1.63 bits per heavy atom. The van der Waals surface area contributed by atoms with Crippen LogP contribution in [0.5, 0.6) is 0 Å². The Balaban J connectivity index is 2.25. The fourth-order valence-electron chi connectivity index (χ4n) is 2.11. The molecular weight excluding hydrogens is 246 g/mol. The monoisotopic (exact) mass is 262 g/mol. The van der Waals surface area contributed by atoms with Crippen LogP contribution in [-0.4, -0.2) is 5.11 Å². The van der Waals surface area contributed by atoms with Crippen LogP contribution in [-0.2, 0) is 6.42 Å². The number of hydrogen-bond donors (Lipinski definition) is 1. The van der Waals surface area contributed by atoms with Crippen molar-refractivity contribution in [2.45, 2.75) is 26.4 Å². The number of rotatable bonds is 3. The van der Waals surface area contributed by atoms with Gasteiger partial charge in [-0.15, -0.1) is 0 Å². The summed E-state index contributed by atoms with van der Waals surface area (Å²) in [5, 5.41) is 10.1. The van der Waals surface area contributed by atoms with Gasteiger partial charge >= 0.3 is 0 Å². The molecule has 0 amide bonds. The zero-order valence-electron chi connectivity index (χ0n) is 11.0. The minimum absolute atomic E-state index is 0.262. The molecule has 0 fully saturated rings. The van der Waals surface area contributed by atoms with Gasteiger partial charge in [0.1, 0.15) is 11.6 Å². The van der Waals surface area contributed by atoms with Crippen molar-refractivity contribution in [2.24, 2.45) is 0 Å². The van der Waals surface area contributed by atoms with Gasteiger partial charge < -0.3 is 5.11 Å². The maximum Gasteiger partial charge on any atom is 0.126 e. The van der Waals surface area contributed by atoms with Gasteiger partial charge in [0, 0.05) is 12.5 Å². The van der Waals surface area contributed by atoms with E-state index in [0.717, 1.165) is 22.8 Å². The fraction of sp³-hybridized carbons (Fsp3) is 0.250. The van der Waals surface area contributed by atoms with E-state index in [9.17, 15) is 13.9 Å². The van der Waals surface area contributed by atoms with Gasteiger partial charge in [0.05, 0.1) is 6.10 Å². The zero-order valence-corrected chi connectivity index (χ0v) is 11.0. The molecule has 0 saturated heterocycles. The normalized spacial score (nSPS) is 12.5. The summed E-state index contributed by atoms with van der Waals surface area (Å²) in [6, 6.07) is 9.08. The summed E-state index contributed by atoms with van der Waals surface area (Å²) in [6.45, 7) is 3.92. The molecule has 19 heavy (non-hydrogen) atoms. The molecule has 0 aromatic heterocycles. The van der Waals surface area contributed by atoms with Crippen LogP contribution in [0.15, 0.2) is 36.4 Å². The molecule has 1 N–H and O–H groups in total. The smallest absolute Gasteiger partial charge is 0.126 e. The minimum Gasteiger partial charge on any atom is -0.388 e. The van der Waals surface area contributed by atoms with E-state index in [4.69, 9.17) is 0 Å². The zero-order chi connectivity index (χ0) is 14.0. The third-order valence-corrected chi connectivity index (χ3v) is 3.19. The van der Waals surface area contributed by atoms with Crippen molar-refractivity contribution in [1.82, 2.24) is 0 Å². The van der Waals surface area contributed by atoms with E-state index in [2.05, 4.69) is 0 Å². The Morgan fingerprint density at radius 3 is 2.26 bits per heavy atom. The number of aryl methyl sites for hydroxylation is 2. The Labute approximate surface area is 111 Å². The quantitative estimate of drug-likeness (QED) is 0.890. The van der Waals surface area contributed by atoms with Crippen LogP contribution in [0.2, 0.25) is 0 Å². The number of aliphatic hydroxyl groups is 1. The second kappa shape index (κ2) is 5.49. The fourth-order valence-corrected chi connectivity index (χ4v) is 2.11. The van der Waals surface area contributed by atoms with E-state index in [0.29, 0.717) is 6.42 Å². The highest BCUT2D eigenvalue weighted by Crippen LogP contribution is 2.22. The Bertz CT molecular complexity index is 573. The summed E-state index contributed by atoms with van der Waals surface area (Å²) in [6.07, 6.45) is -0.568. The van der Waals surface area contributed by atoms with Crippen molar-refractivity contribution >= 4 is 0 Å². The number of hydrogen-bond acceptors (Lipinski definition) is 1. The van der Waals surface area contributed by atoms with E-state index in [1.807, 2.05) is 32.0 Å². The van der Waals surface area contributed by atoms with Gasteiger partial charge in [-0.3, -0.25) is 0 Å². The van der Waals surface area contributed by atoms with Crippen LogP contribution < -0.4 is 0 Å². The third kappa shape index (κ3) is 3.38. The second-order valence-corrected chi connectivity index (χ2v) is 4.85. The molecule has 1 unspecified atom stereocenters. The molecule has 0 bridgehead atoms. The molecule has 2 aromatic carbocycles. The van der Waals surface area contributed by atoms with Crippen molar-refractivity contribution in [3.8, 4) is 0 Å². The predicted molar refractivity (Wildman–Crippen MR) is 70.9 cm³/mol. The highest BCUT2D eigenvalue weighted by atomic mass is 19.1. The summed E-state index contributed by atoms with van der Waals surface area (Å²) in [4.78, 5) is 0. The van der Waals surface area contributed by atoms with Gasteiger partial charge in [-0.25, -0.2) is 8.78 Å². The maximum absolute atomic E-state index is 13.1. The standard InChI is InChI=1S/C16H16F2O/c1-10-3-4-11(2)12(5-10)8-16(19)13-6-14(17)9-15(18)7-13/h3-7,9,16,19H,8H2,1-2H3. The second-order valence-electron chi connectivity index (χ2n) is 4.85. The molecule has 0 aliphatic carbocycles. The van der Waals surface area contributed by atoms with Crippen LogP contribution in [0.3, 0.4) is 0 Å². The lowest BCUT2D eigenvalue weighted by Gasteiger charge is -2.14. The minimum atomic E-state index is -0.911.